The van der Waals surface area contributed by atoms with Crippen molar-refractivity contribution in [1.29, 1.82) is 0 Å². The van der Waals surface area contributed by atoms with Gasteiger partial charge in [0.2, 0.25) is 11.8 Å². The molecule has 2 amide bonds. The van der Waals surface area contributed by atoms with Gasteiger partial charge >= 0.3 is 0 Å². The molecule has 2 bridgehead atoms. The van der Waals surface area contributed by atoms with Gasteiger partial charge in [0.15, 0.2) is 0 Å². The first kappa shape index (κ1) is 16.8. The third-order valence-electron chi connectivity index (χ3n) is 6.90. The zero-order chi connectivity index (χ0) is 18.0. The van der Waals surface area contributed by atoms with E-state index in [1.54, 1.807) is 0 Å². The Morgan fingerprint density at radius 1 is 1.08 bits per heavy atom. The van der Waals surface area contributed by atoms with Crippen LogP contribution >= 0.6 is 15.9 Å². The summed E-state index contributed by atoms with van der Waals surface area (Å²) >= 11 is 3.41. The molecular formula is C19H21BrN2O3. The second-order valence-corrected chi connectivity index (χ2v) is 8.48. The van der Waals surface area contributed by atoms with Gasteiger partial charge in [-0.3, -0.25) is 9.59 Å². The van der Waals surface area contributed by atoms with Crippen LogP contribution in [0.15, 0.2) is 40.9 Å². The lowest BCUT2D eigenvalue weighted by atomic mass is 9.52. The van der Waals surface area contributed by atoms with Crippen LogP contribution in [-0.2, 0) is 15.0 Å². The maximum Gasteiger partial charge on any atom is 0.229 e. The van der Waals surface area contributed by atoms with Crippen molar-refractivity contribution in [3.63, 3.8) is 0 Å². The number of amides is 2. The van der Waals surface area contributed by atoms with E-state index in [1.807, 2.05) is 36.4 Å². The van der Waals surface area contributed by atoms with E-state index in [9.17, 15) is 14.7 Å². The van der Waals surface area contributed by atoms with E-state index in [4.69, 9.17) is 11.5 Å². The summed E-state index contributed by atoms with van der Waals surface area (Å²) in [6.07, 6.45) is 6.10. The number of benzene rings is 1. The Balaban J connectivity index is 2.06. The highest BCUT2D eigenvalue weighted by Crippen LogP contribution is 2.80. The molecule has 0 saturated heterocycles. The SMILES string of the molecule is NC(=O)[C@]1(CCO)[C@@H]2C=C[C@@H](C23CC3)[C@@]1(C(N)=O)c1ccc(Br)cc1. The van der Waals surface area contributed by atoms with E-state index in [0.29, 0.717) is 5.56 Å². The zero-order valence-electron chi connectivity index (χ0n) is 13.7. The van der Waals surface area contributed by atoms with Crippen LogP contribution < -0.4 is 11.5 Å². The third kappa shape index (κ3) is 1.72. The minimum absolute atomic E-state index is 0.133. The average molecular weight is 405 g/mol. The summed E-state index contributed by atoms with van der Waals surface area (Å²) in [4.78, 5) is 25.8. The second-order valence-electron chi connectivity index (χ2n) is 7.56. The van der Waals surface area contributed by atoms with E-state index in [2.05, 4.69) is 15.9 Å². The first-order chi connectivity index (χ1) is 11.9. The molecule has 4 atom stereocenters. The molecule has 0 aromatic heterocycles. The standard InChI is InChI=1S/C19H21BrN2O3/c20-12-3-1-11(2-4-12)19(16(22)25)14-6-5-13(17(14)7-8-17)18(19,9-10-23)15(21)24/h1-6,13-14,23H,7-10H2,(H2,21,24)(H2,22,25)/t13-,14+,18+,19-/m1/s1. The molecule has 1 aromatic rings. The normalized spacial score (nSPS) is 36.7. The topological polar surface area (TPSA) is 106 Å². The van der Waals surface area contributed by atoms with Crippen molar-refractivity contribution in [2.45, 2.75) is 24.7 Å². The fourth-order valence-electron chi connectivity index (χ4n) is 5.98. The van der Waals surface area contributed by atoms with E-state index in [-0.39, 0.29) is 30.3 Å². The van der Waals surface area contributed by atoms with Crippen molar-refractivity contribution in [1.82, 2.24) is 0 Å². The average Bonchev–Trinajstić information content (AvgIpc) is 3.23. The lowest BCUT2D eigenvalue weighted by Crippen LogP contribution is -2.62. The van der Waals surface area contributed by atoms with Gasteiger partial charge in [0.05, 0.1) is 10.8 Å². The first-order valence-electron chi connectivity index (χ1n) is 8.53. The maximum atomic E-state index is 13.0. The Bertz CT molecular complexity index is 786. The summed E-state index contributed by atoms with van der Waals surface area (Å²) in [5.41, 5.74) is 10.1. The predicted molar refractivity (Wildman–Crippen MR) is 96.1 cm³/mol. The monoisotopic (exact) mass is 404 g/mol. The van der Waals surface area contributed by atoms with Gasteiger partial charge in [-0.2, -0.15) is 0 Å². The number of allylic oxidation sites excluding steroid dienone is 2. The summed E-state index contributed by atoms with van der Waals surface area (Å²) in [5.74, 6) is -1.41. The zero-order valence-corrected chi connectivity index (χ0v) is 15.3. The summed E-state index contributed by atoms with van der Waals surface area (Å²) in [6, 6.07) is 7.38. The van der Waals surface area contributed by atoms with Crippen molar-refractivity contribution in [3.05, 3.63) is 46.5 Å². The molecular weight excluding hydrogens is 384 g/mol. The fourth-order valence-corrected chi connectivity index (χ4v) is 6.25. The minimum atomic E-state index is -1.22. The second kappa shape index (κ2) is 5.17. The molecule has 0 aliphatic heterocycles. The molecule has 0 unspecified atom stereocenters. The molecule has 5 nitrogen and oxygen atoms in total. The number of carbonyl (C=O) groups is 2. The van der Waals surface area contributed by atoms with E-state index >= 15 is 0 Å². The smallest absolute Gasteiger partial charge is 0.229 e. The number of halogens is 1. The molecule has 1 spiro atoms. The molecule has 5 N–H and O–H groups in total. The van der Waals surface area contributed by atoms with E-state index < -0.39 is 22.6 Å². The highest BCUT2D eigenvalue weighted by Gasteiger charge is 2.82. The quantitative estimate of drug-likeness (QED) is 0.648. The molecule has 25 heavy (non-hydrogen) atoms. The maximum absolute atomic E-state index is 13.0. The van der Waals surface area contributed by atoms with E-state index in [0.717, 1.165) is 17.3 Å². The summed E-state index contributed by atoms with van der Waals surface area (Å²) in [7, 11) is 0. The Morgan fingerprint density at radius 3 is 2.16 bits per heavy atom. The molecule has 6 heteroatoms. The molecule has 132 valence electrons. The van der Waals surface area contributed by atoms with Crippen LogP contribution in [0.5, 0.6) is 0 Å². The highest BCUT2D eigenvalue weighted by atomic mass is 79.9. The van der Waals surface area contributed by atoms with Crippen molar-refractivity contribution >= 4 is 27.7 Å². The number of hydrogen-bond donors (Lipinski definition) is 3. The first-order valence-corrected chi connectivity index (χ1v) is 9.32. The third-order valence-corrected chi connectivity index (χ3v) is 7.43. The number of aliphatic hydroxyl groups is 1. The Hall–Kier alpha value is -1.66. The summed E-state index contributed by atoms with van der Waals surface area (Å²) in [5, 5.41) is 9.77. The number of hydrogen-bond acceptors (Lipinski definition) is 3. The molecule has 3 aliphatic rings. The molecule has 4 rings (SSSR count). The van der Waals surface area contributed by atoms with Crippen LogP contribution in [0.3, 0.4) is 0 Å². The largest absolute Gasteiger partial charge is 0.396 e. The van der Waals surface area contributed by atoms with Gasteiger partial charge in [-0.25, -0.2) is 0 Å². The molecule has 0 radical (unpaired) electrons. The van der Waals surface area contributed by atoms with Crippen LogP contribution in [0.2, 0.25) is 0 Å². The van der Waals surface area contributed by atoms with Gasteiger partial charge in [0.25, 0.3) is 0 Å². The Morgan fingerprint density at radius 2 is 1.68 bits per heavy atom. The Labute approximate surface area is 154 Å². The number of nitrogens with two attached hydrogens (primary N) is 2. The van der Waals surface area contributed by atoms with E-state index in [1.165, 1.54) is 0 Å². The van der Waals surface area contributed by atoms with Gasteiger partial charge in [0.1, 0.15) is 0 Å². The number of carbonyl (C=O) groups excluding carboxylic acids is 2. The fraction of sp³-hybridized carbons (Fsp3) is 0.474. The van der Waals surface area contributed by atoms with Crippen molar-refractivity contribution in [2.24, 2.45) is 34.1 Å². The number of primary amides is 2. The molecule has 2 fully saturated rings. The van der Waals surface area contributed by atoms with Gasteiger partial charge in [-0.15, -0.1) is 0 Å². The molecule has 3 aliphatic carbocycles. The lowest BCUT2D eigenvalue weighted by Gasteiger charge is -2.47. The highest BCUT2D eigenvalue weighted by molar-refractivity contribution is 9.10. The van der Waals surface area contributed by atoms with Crippen molar-refractivity contribution in [3.8, 4) is 0 Å². The predicted octanol–water partition coefficient (Wildman–Crippen LogP) is 1.62. The molecule has 2 saturated carbocycles. The van der Waals surface area contributed by atoms with Crippen LogP contribution in [0.25, 0.3) is 0 Å². The number of aliphatic hydroxyl groups excluding tert-OH is 1. The minimum Gasteiger partial charge on any atom is -0.396 e. The summed E-state index contributed by atoms with van der Waals surface area (Å²) in [6.45, 7) is -0.221. The van der Waals surface area contributed by atoms with Crippen molar-refractivity contribution in [2.75, 3.05) is 6.61 Å². The van der Waals surface area contributed by atoms with Crippen LogP contribution in [-0.4, -0.2) is 23.5 Å². The number of rotatable bonds is 5. The Kier molecular flexibility index (Phi) is 3.48. The molecule has 1 aromatic carbocycles. The van der Waals surface area contributed by atoms with Crippen LogP contribution in [0.4, 0.5) is 0 Å². The molecule has 0 heterocycles. The summed E-state index contributed by atoms with van der Waals surface area (Å²) < 4.78 is 0.877. The van der Waals surface area contributed by atoms with Gasteiger partial charge in [-0.1, -0.05) is 40.2 Å². The van der Waals surface area contributed by atoms with Gasteiger partial charge < -0.3 is 16.6 Å². The van der Waals surface area contributed by atoms with Gasteiger partial charge in [0, 0.05) is 17.0 Å². The van der Waals surface area contributed by atoms with Crippen LogP contribution in [0, 0.1) is 22.7 Å². The van der Waals surface area contributed by atoms with Crippen LogP contribution in [0.1, 0.15) is 24.8 Å². The van der Waals surface area contributed by atoms with Crippen molar-refractivity contribution < 1.29 is 14.7 Å². The lowest BCUT2D eigenvalue weighted by molar-refractivity contribution is -0.144. The van der Waals surface area contributed by atoms with Gasteiger partial charge in [-0.05, 0) is 48.3 Å².